The van der Waals surface area contributed by atoms with Crippen LogP contribution >= 0.6 is 0 Å². The summed E-state index contributed by atoms with van der Waals surface area (Å²) in [6.07, 6.45) is 1.91. The number of amides is 1. The highest BCUT2D eigenvalue weighted by Gasteiger charge is 2.12. The van der Waals surface area contributed by atoms with E-state index in [1.54, 1.807) is 6.07 Å². The minimum absolute atomic E-state index is 0.113. The summed E-state index contributed by atoms with van der Waals surface area (Å²) >= 11 is 0. The quantitative estimate of drug-likeness (QED) is 0.497. The molecule has 1 N–H and O–H groups in total. The molecule has 0 saturated heterocycles. The van der Waals surface area contributed by atoms with Crippen LogP contribution in [0.4, 0.5) is 5.69 Å². The molecule has 136 valence electrons. The lowest BCUT2D eigenvalue weighted by molar-refractivity contribution is -0.114. The fourth-order valence-electron chi connectivity index (χ4n) is 3.26. The Morgan fingerprint density at radius 3 is 2.78 bits per heavy atom. The fraction of sp³-hybridized carbons (Fsp3) is 0.182. The van der Waals surface area contributed by atoms with Crippen LogP contribution in [0.1, 0.15) is 26.0 Å². The largest absolute Gasteiger partial charge is 0.457 e. The first kappa shape index (κ1) is 17.1. The van der Waals surface area contributed by atoms with E-state index < -0.39 is 0 Å². The number of hydrogen-bond donors (Lipinski definition) is 1. The van der Waals surface area contributed by atoms with Gasteiger partial charge in [0.2, 0.25) is 5.91 Å². The molecule has 0 bridgehead atoms. The summed E-state index contributed by atoms with van der Waals surface area (Å²) in [7, 11) is 0. The van der Waals surface area contributed by atoms with Crippen LogP contribution in [0.5, 0.6) is 11.5 Å². The maximum Gasteiger partial charge on any atom is 0.221 e. The molecule has 1 aromatic heterocycles. The number of fused-ring (bicyclic) bond motifs is 3. The molecule has 4 rings (SSSR count). The van der Waals surface area contributed by atoms with Crippen LogP contribution in [0.25, 0.3) is 21.7 Å². The molecular formula is C22H20N2O3. The van der Waals surface area contributed by atoms with Crippen LogP contribution in [0.15, 0.2) is 59.1 Å². The Kier molecular flexibility index (Phi) is 4.50. The van der Waals surface area contributed by atoms with Crippen LogP contribution in [-0.2, 0) is 11.2 Å². The first-order valence-corrected chi connectivity index (χ1v) is 9.00. The van der Waals surface area contributed by atoms with Crippen molar-refractivity contribution in [3.63, 3.8) is 0 Å². The second-order valence-corrected chi connectivity index (χ2v) is 6.51. The third-order valence-electron chi connectivity index (χ3n) is 4.37. The van der Waals surface area contributed by atoms with E-state index in [4.69, 9.17) is 9.26 Å². The van der Waals surface area contributed by atoms with Crippen LogP contribution < -0.4 is 10.1 Å². The van der Waals surface area contributed by atoms with Crippen molar-refractivity contribution in [2.45, 2.75) is 26.7 Å². The molecule has 0 fully saturated rings. The Labute approximate surface area is 156 Å². The van der Waals surface area contributed by atoms with Crippen molar-refractivity contribution < 1.29 is 14.1 Å². The molecule has 5 nitrogen and oxygen atoms in total. The highest BCUT2D eigenvalue weighted by molar-refractivity contribution is 6.07. The first-order chi connectivity index (χ1) is 13.1. The predicted molar refractivity (Wildman–Crippen MR) is 106 cm³/mol. The Balaban J connectivity index is 1.69. The highest BCUT2D eigenvalue weighted by atomic mass is 16.5. The lowest BCUT2D eigenvalue weighted by Gasteiger charge is -2.09. The number of anilines is 1. The molecule has 0 aliphatic heterocycles. The van der Waals surface area contributed by atoms with E-state index in [1.807, 2.05) is 48.5 Å². The molecule has 4 aromatic rings. The topological polar surface area (TPSA) is 64.4 Å². The van der Waals surface area contributed by atoms with Crippen molar-refractivity contribution >= 4 is 33.3 Å². The average Bonchev–Trinajstić information content (AvgIpc) is 3.05. The number of nitrogens with zero attached hydrogens (tertiary/aromatic N) is 1. The van der Waals surface area contributed by atoms with Crippen LogP contribution in [-0.4, -0.2) is 11.1 Å². The van der Waals surface area contributed by atoms with E-state index in [0.29, 0.717) is 11.4 Å². The van der Waals surface area contributed by atoms with E-state index in [2.05, 4.69) is 17.4 Å². The minimum atomic E-state index is -0.113. The van der Waals surface area contributed by atoms with Gasteiger partial charge in [-0.05, 0) is 53.6 Å². The Morgan fingerprint density at radius 2 is 1.96 bits per heavy atom. The molecular weight excluding hydrogens is 340 g/mol. The summed E-state index contributed by atoms with van der Waals surface area (Å²) in [6.45, 7) is 3.61. The number of hydrogen-bond acceptors (Lipinski definition) is 4. The van der Waals surface area contributed by atoms with Crippen LogP contribution in [0, 0.1) is 0 Å². The molecule has 5 heteroatoms. The molecule has 1 amide bonds. The van der Waals surface area contributed by atoms with Gasteiger partial charge in [-0.1, -0.05) is 30.6 Å². The lowest BCUT2D eigenvalue weighted by atomic mass is 10.0. The number of carbonyl (C=O) groups excluding carboxylic acids is 1. The van der Waals surface area contributed by atoms with E-state index in [1.165, 1.54) is 6.92 Å². The van der Waals surface area contributed by atoms with Gasteiger partial charge in [0.15, 0.2) is 5.58 Å². The van der Waals surface area contributed by atoms with E-state index in [0.717, 1.165) is 46.0 Å². The number of aromatic nitrogens is 1. The van der Waals surface area contributed by atoms with Gasteiger partial charge in [-0.3, -0.25) is 4.79 Å². The molecule has 0 saturated carbocycles. The summed E-state index contributed by atoms with van der Waals surface area (Å²) in [5, 5.41) is 10.2. The lowest BCUT2D eigenvalue weighted by Crippen LogP contribution is -2.05. The van der Waals surface area contributed by atoms with Gasteiger partial charge in [0, 0.05) is 18.7 Å². The molecule has 0 aliphatic carbocycles. The van der Waals surface area contributed by atoms with Crippen molar-refractivity contribution in [2.75, 3.05) is 5.32 Å². The number of ether oxygens (including phenoxy) is 1. The number of carbonyl (C=O) groups is 1. The third kappa shape index (κ3) is 3.49. The van der Waals surface area contributed by atoms with Gasteiger partial charge in [-0.2, -0.15) is 0 Å². The van der Waals surface area contributed by atoms with Crippen molar-refractivity contribution in [1.82, 2.24) is 5.16 Å². The van der Waals surface area contributed by atoms with E-state index >= 15 is 0 Å². The number of rotatable bonds is 5. The van der Waals surface area contributed by atoms with Gasteiger partial charge >= 0.3 is 0 Å². The van der Waals surface area contributed by atoms with Crippen molar-refractivity contribution in [2.24, 2.45) is 0 Å². The van der Waals surface area contributed by atoms with Gasteiger partial charge in [-0.25, -0.2) is 0 Å². The molecule has 0 aliphatic rings. The number of aryl methyl sites for hydroxylation is 1. The summed E-state index contributed by atoms with van der Waals surface area (Å²) in [4.78, 5) is 11.2. The summed E-state index contributed by atoms with van der Waals surface area (Å²) in [5.74, 6) is 1.28. The first-order valence-electron chi connectivity index (χ1n) is 9.00. The fourth-order valence-corrected chi connectivity index (χ4v) is 3.26. The van der Waals surface area contributed by atoms with E-state index in [-0.39, 0.29) is 5.91 Å². The summed E-state index contributed by atoms with van der Waals surface area (Å²) < 4.78 is 11.5. The van der Waals surface area contributed by atoms with Gasteiger partial charge in [0.05, 0.1) is 11.1 Å². The monoisotopic (exact) mass is 360 g/mol. The predicted octanol–water partition coefficient (Wildman–Crippen LogP) is 5.68. The van der Waals surface area contributed by atoms with Crippen LogP contribution in [0.3, 0.4) is 0 Å². The SMILES string of the molecule is CCCc1noc2ccc3cc(Oc4cccc(NC(C)=O)c4)ccc3c12. The Bertz CT molecular complexity index is 1130. The standard InChI is InChI=1S/C22H20N2O3/c1-3-5-20-22-19-10-9-18(12-15(19)8-11-21(22)27-24-20)26-17-7-4-6-16(13-17)23-14(2)25/h4,6-13H,3,5H2,1-2H3,(H,23,25). The Hall–Kier alpha value is -3.34. The molecule has 27 heavy (non-hydrogen) atoms. The van der Waals surface area contributed by atoms with Crippen molar-refractivity contribution in [3.8, 4) is 11.5 Å². The molecule has 1 heterocycles. The zero-order valence-electron chi connectivity index (χ0n) is 15.3. The number of benzene rings is 3. The molecule has 0 spiro atoms. The van der Waals surface area contributed by atoms with Crippen molar-refractivity contribution in [1.29, 1.82) is 0 Å². The number of nitrogens with one attached hydrogen (secondary N) is 1. The van der Waals surface area contributed by atoms with Gasteiger partial charge in [-0.15, -0.1) is 0 Å². The second-order valence-electron chi connectivity index (χ2n) is 6.51. The maximum absolute atomic E-state index is 11.2. The second kappa shape index (κ2) is 7.11. The zero-order valence-corrected chi connectivity index (χ0v) is 15.3. The molecule has 0 unspecified atom stereocenters. The third-order valence-corrected chi connectivity index (χ3v) is 4.37. The van der Waals surface area contributed by atoms with Gasteiger partial charge in [0.1, 0.15) is 11.5 Å². The van der Waals surface area contributed by atoms with Gasteiger partial charge < -0.3 is 14.6 Å². The van der Waals surface area contributed by atoms with E-state index in [9.17, 15) is 4.79 Å². The maximum atomic E-state index is 11.2. The summed E-state index contributed by atoms with van der Waals surface area (Å²) in [6, 6.07) is 17.3. The molecule has 0 atom stereocenters. The molecule has 3 aromatic carbocycles. The average molecular weight is 360 g/mol. The van der Waals surface area contributed by atoms with Crippen molar-refractivity contribution in [3.05, 3.63) is 60.3 Å². The highest BCUT2D eigenvalue weighted by Crippen LogP contribution is 2.33. The Morgan fingerprint density at radius 1 is 1.11 bits per heavy atom. The zero-order chi connectivity index (χ0) is 18.8. The normalized spacial score (nSPS) is 11.0. The smallest absolute Gasteiger partial charge is 0.221 e. The summed E-state index contributed by atoms with van der Waals surface area (Å²) in [5.41, 5.74) is 2.51. The minimum Gasteiger partial charge on any atom is -0.457 e. The molecule has 0 radical (unpaired) electrons. The van der Waals surface area contributed by atoms with Crippen LogP contribution in [0.2, 0.25) is 0 Å². The van der Waals surface area contributed by atoms with Gasteiger partial charge in [0.25, 0.3) is 0 Å².